The monoisotopic (exact) mass is 362 g/mol. The van der Waals surface area contributed by atoms with E-state index in [0.717, 1.165) is 11.4 Å². The van der Waals surface area contributed by atoms with Gasteiger partial charge in [0.25, 0.3) is 0 Å². The SMILES string of the molecule is COc1c(F)cc(S(=O)(=O)N2CCC(C)(C(=O)O)C2)cc1[N+](=O)[O-]. The van der Waals surface area contributed by atoms with Crippen LogP contribution in [0.1, 0.15) is 13.3 Å². The molecule has 132 valence electrons. The highest BCUT2D eigenvalue weighted by Crippen LogP contribution is 2.37. The zero-order chi connectivity index (χ0) is 18.3. The quantitative estimate of drug-likeness (QED) is 0.616. The molecule has 0 aromatic heterocycles. The van der Waals surface area contributed by atoms with E-state index in [1.165, 1.54) is 6.92 Å². The smallest absolute Gasteiger partial charge is 0.315 e. The average molecular weight is 362 g/mol. The summed E-state index contributed by atoms with van der Waals surface area (Å²) in [6.07, 6.45) is 0.0856. The molecule has 1 unspecified atom stereocenters. The number of sulfonamides is 1. The summed E-state index contributed by atoms with van der Waals surface area (Å²) < 4.78 is 44.6. The minimum absolute atomic E-state index is 0.0768. The number of aliphatic carboxylic acids is 1. The minimum Gasteiger partial charge on any atom is -0.488 e. The molecule has 0 aliphatic carbocycles. The first kappa shape index (κ1) is 18.1. The Labute approximate surface area is 136 Å². The van der Waals surface area contributed by atoms with Crippen LogP contribution < -0.4 is 4.74 Å². The third-order valence-electron chi connectivity index (χ3n) is 3.99. The summed E-state index contributed by atoms with van der Waals surface area (Å²) in [5.74, 6) is -3.01. The standard InChI is InChI=1S/C13H15FN2O7S/c1-13(12(17)18)3-4-15(7-13)24(21,22)8-5-9(14)11(23-2)10(6-8)16(19)20/h5-6H,3-4,7H2,1-2H3,(H,17,18). The highest BCUT2D eigenvalue weighted by molar-refractivity contribution is 7.89. The molecule has 9 nitrogen and oxygen atoms in total. The van der Waals surface area contributed by atoms with E-state index in [1.807, 2.05) is 0 Å². The van der Waals surface area contributed by atoms with Crippen molar-refractivity contribution in [3.05, 3.63) is 28.1 Å². The number of carbonyl (C=O) groups is 1. The van der Waals surface area contributed by atoms with Crippen molar-refractivity contribution in [1.29, 1.82) is 0 Å². The van der Waals surface area contributed by atoms with Gasteiger partial charge in [-0.25, -0.2) is 12.8 Å². The fourth-order valence-electron chi connectivity index (χ4n) is 2.49. The molecule has 11 heteroatoms. The number of carboxylic acids is 1. The number of rotatable bonds is 5. The van der Waals surface area contributed by atoms with E-state index in [0.29, 0.717) is 12.1 Å². The summed E-state index contributed by atoms with van der Waals surface area (Å²) in [4.78, 5) is 20.6. The predicted octanol–water partition coefficient (Wildman–Crippen LogP) is 1.23. The van der Waals surface area contributed by atoms with Gasteiger partial charge in [-0.05, 0) is 19.4 Å². The first-order valence-corrected chi connectivity index (χ1v) is 8.22. The van der Waals surface area contributed by atoms with Crippen molar-refractivity contribution >= 4 is 21.7 Å². The summed E-state index contributed by atoms with van der Waals surface area (Å²) >= 11 is 0. The van der Waals surface area contributed by atoms with Crippen molar-refractivity contribution in [3.8, 4) is 5.75 Å². The highest BCUT2D eigenvalue weighted by Gasteiger charge is 2.45. The summed E-state index contributed by atoms with van der Waals surface area (Å²) in [5.41, 5.74) is -2.08. The van der Waals surface area contributed by atoms with Gasteiger partial charge >= 0.3 is 11.7 Å². The van der Waals surface area contributed by atoms with Crippen molar-refractivity contribution in [3.63, 3.8) is 0 Å². The zero-order valence-electron chi connectivity index (χ0n) is 12.9. The predicted molar refractivity (Wildman–Crippen MR) is 78.7 cm³/mol. The van der Waals surface area contributed by atoms with Gasteiger partial charge in [-0.1, -0.05) is 0 Å². The number of nitro groups is 1. The summed E-state index contributed by atoms with van der Waals surface area (Å²) in [7, 11) is -3.25. The number of methoxy groups -OCH3 is 1. The van der Waals surface area contributed by atoms with Crippen LogP contribution in [0.15, 0.2) is 17.0 Å². The van der Waals surface area contributed by atoms with Crippen molar-refractivity contribution in [2.24, 2.45) is 5.41 Å². The maximum Gasteiger partial charge on any atom is 0.315 e. The summed E-state index contributed by atoms with van der Waals surface area (Å²) in [6.45, 7) is 1.03. The highest BCUT2D eigenvalue weighted by atomic mass is 32.2. The van der Waals surface area contributed by atoms with Gasteiger partial charge in [-0.3, -0.25) is 14.9 Å². The van der Waals surface area contributed by atoms with Crippen LogP contribution >= 0.6 is 0 Å². The van der Waals surface area contributed by atoms with Crippen LogP contribution in [0, 0.1) is 21.3 Å². The van der Waals surface area contributed by atoms with Crippen molar-refractivity contribution in [2.45, 2.75) is 18.2 Å². The largest absolute Gasteiger partial charge is 0.488 e. The van der Waals surface area contributed by atoms with Gasteiger partial charge in [0.1, 0.15) is 0 Å². The zero-order valence-corrected chi connectivity index (χ0v) is 13.7. The Morgan fingerprint density at radius 1 is 1.50 bits per heavy atom. The molecule has 0 saturated carbocycles. The van der Waals surface area contributed by atoms with Crippen LogP contribution in [0.3, 0.4) is 0 Å². The molecule has 24 heavy (non-hydrogen) atoms. The van der Waals surface area contributed by atoms with E-state index in [-0.39, 0.29) is 19.5 Å². The number of nitrogens with zero attached hydrogens (tertiary/aromatic N) is 2. The third-order valence-corrected chi connectivity index (χ3v) is 5.81. The average Bonchev–Trinajstić information content (AvgIpc) is 2.91. The molecule has 1 atom stereocenters. The second kappa shape index (κ2) is 5.98. The van der Waals surface area contributed by atoms with Crippen LogP contribution in [-0.4, -0.2) is 48.9 Å². The first-order valence-electron chi connectivity index (χ1n) is 6.78. The number of halogens is 1. The van der Waals surface area contributed by atoms with E-state index < -0.39 is 48.5 Å². The van der Waals surface area contributed by atoms with Crippen LogP contribution in [0.2, 0.25) is 0 Å². The Bertz CT molecular complexity index is 811. The van der Waals surface area contributed by atoms with Crippen LogP contribution in [0.4, 0.5) is 10.1 Å². The van der Waals surface area contributed by atoms with Crippen molar-refractivity contribution in [1.82, 2.24) is 4.31 Å². The Balaban J connectivity index is 2.48. The Morgan fingerprint density at radius 3 is 2.58 bits per heavy atom. The van der Waals surface area contributed by atoms with Crippen molar-refractivity contribution in [2.75, 3.05) is 20.2 Å². The molecule has 1 saturated heterocycles. The van der Waals surface area contributed by atoms with E-state index in [9.17, 15) is 27.7 Å². The number of nitro benzene ring substituents is 1. The van der Waals surface area contributed by atoms with Crippen LogP contribution in [0.25, 0.3) is 0 Å². The molecule has 0 radical (unpaired) electrons. The lowest BCUT2D eigenvalue weighted by atomic mass is 9.90. The van der Waals surface area contributed by atoms with E-state index in [1.54, 1.807) is 0 Å². The molecule has 0 bridgehead atoms. The molecule has 1 aliphatic rings. The van der Waals surface area contributed by atoms with Gasteiger partial charge in [0.2, 0.25) is 15.8 Å². The molecule has 0 amide bonds. The third kappa shape index (κ3) is 2.91. The molecule has 1 aliphatic heterocycles. The number of hydrogen-bond donors (Lipinski definition) is 1. The van der Waals surface area contributed by atoms with Crippen molar-refractivity contribution < 1.29 is 32.4 Å². The van der Waals surface area contributed by atoms with E-state index >= 15 is 0 Å². The molecule has 1 heterocycles. The van der Waals surface area contributed by atoms with Gasteiger partial charge in [0.05, 0.1) is 22.3 Å². The lowest BCUT2D eigenvalue weighted by molar-refractivity contribution is -0.386. The molecule has 2 rings (SSSR count). The normalized spacial score (nSPS) is 21.6. The maximum atomic E-state index is 14.0. The molecule has 1 aromatic carbocycles. The Hall–Kier alpha value is -2.27. The molecule has 1 N–H and O–H groups in total. The van der Waals surface area contributed by atoms with Gasteiger partial charge in [0.15, 0.2) is 5.82 Å². The van der Waals surface area contributed by atoms with Gasteiger partial charge in [-0.15, -0.1) is 0 Å². The topological polar surface area (TPSA) is 127 Å². The van der Waals surface area contributed by atoms with Gasteiger partial charge in [-0.2, -0.15) is 4.31 Å². The van der Waals surface area contributed by atoms with Gasteiger partial charge < -0.3 is 9.84 Å². The summed E-state index contributed by atoms with van der Waals surface area (Å²) in [6, 6.07) is 1.32. The lowest BCUT2D eigenvalue weighted by Gasteiger charge is -2.20. The fourth-order valence-corrected chi connectivity index (χ4v) is 4.09. The Kier molecular flexibility index (Phi) is 4.50. The lowest BCUT2D eigenvalue weighted by Crippen LogP contribution is -2.35. The Morgan fingerprint density at radius 2 is 2.12 bits per heavy atom. The molecular weight excluding hydrogens is 347 g/mol. The summed E-state index contributed by atoms with van der Waals surface area (Å²) in [5, 5.41) is 20.2. The minimum atomic E-state index is -4.28. The first-order chi connectivity index (χ1) is 11.0. The molecule has 1 fully saturated rings. The van der Waals surface area contributed by atoms with Gasteiger partial charge in [0, 0.05) is 19.2 Å². The number of hydrogen-bond acceptors (Lipinski definition) is 6. The second-order valence-corrected chi connectivity index (χ2v) is 7.61. The second-order valence-electron chi connectivity index (χ2n) is 5.67. The number of benzene rings is 1. The number of ether oxygens (including phenoxy) is 1. The molecule has 1 aromatic rings. The molecule has 0 spiro atoms. The maximum absolute atomic E-state index is 14.0. The molecular formula is C13H15FN2O7S. The van der Waals surface area contributed by atoms with Crippen LogP contribution in [-0.2, 0) is 14.8 Å². The van der Waals surface area contributed by atoms with Crippen LogP contribution in [0.5, 0.6) is 5.75 Å². The van der Waals surface area contributed by atoms with E-state index in [4.69, 9.17) is 5.11 Å². The fraction of sp³-hybridized carbons (Fsp3) is 0.462. The number of carboxylic acid groups (broad SMARTS) is 1. The van der Waals surface area contributed by atoms with E-state index in [2.05, 4.69) is 4.74 Å².